The Bertz CT molecular complexity index is 749. The SMILES string of the molecule is CC(C)(CN)Nc1nc(-c2cn[nH]c2)nc2cnccc12. The van der Waals surface area contributed by atoms with E-state index in [0.717, 1.165) is 22.3 Å². The summed E-state index contributed by atoms with van der Waals surface area (Å²) in [6.07, 6.45) is 6.90. The van der Waals surface area contributed by atoms with Gasteiger partial charge in [0.05, 0.1) is 23.5 Å². The van der Waals surface area contributed by atoms with Gasteiger partial charge in [0, 0.05) is 29.9 Å². The Morgan fingerprint density at radius 3 is 2.86 bits per heavy atom. The number of aromatic amines is 1. The molecule has 21 heavy (non-hydrogen) atoms. The summed E-state index contributed by atoms with van der Waals surface area (Å²) in [6.45, 7) is 4.55. The van der Waals surface area contributed by atoms with Crippen LogP contribution in [0.3, 0.4) is 0 Å². The molecule has 0 amide bonds. The van der Waals surface area contributed by atoms with Crippen molar-refractivity contribution in [1.29, 1.82) is 0 Å². The minimum absolute atomic E-state index is 0.266. The van der Waals surface area contributed by atoms with Crippen molar-refractivity contribution in [2.24, 2.45) is 5.73 Å². The van der Waals surface area contributed by atoms with Crippen LogP contribution in [-0.2, 0) is 0 Å². The molecule has 4 N–H and O–H groups in total. The van der Waals surface area contributed by atoms with E-state index in [9.17, 15) is 0 Å². The summed E-state index contributed by atoms with van der Waals surface area (Å²) in [4.78, 5) is 13.3. The summed E-state index contributed by atoms with van der Waals surface area (Å²) in [5.74, 6) is 1.34. The molecule has 0 aliphatic carbocycles. The second kappa shape index (κ2) is 5.10. The Morgan fingerprint density at radius 1 is 1.29 bits per heavy atom. The highest BCUT2D eigenvalue weighted by Gasteiger charge is 2.18. The Balaban J connectivity index is 2.16. The van der Waals surface area contributed by atoms with E-state index in [2.05, 4.69) is 30.5 Å². The third-order valence-corrected chi connectivity index (χ3v) is 3.22. The second-order valence-corrected chi connectivity index (χ2v) is 5.49. The molecule has 3 aromatic rings. The topological polar surface area (TPSA) is 105 Å². The predicted octanol–water partition coefficient (Wildman–Crippen LogP) is 1.56. The van der Waals surface area contributed by atoms with Gasteiger partial charge >= 0.3 is 0 Å². The number of nitrogens with one attached hydrogen (secondary N) is 2. The Kier molecular flexibility index (Phi) is 3.26. The van der Waals surface area contributed by atoms with Crippen LogP contribution >= 0.6 is 0 Å². The number of H-pyrrole nitrogens is 1. The number of hydrogen-bond donors (Lipinski definition) is 3. The fourth-order valence-corrected chi connectivity index (χ4v) is 1.95. The predicted molar refractivity (Wildman–Crippen MR) is 81.7 cm³/mol. The molecule has 0 saturated heterocycles. The first kappa shape index (κ1) is 13.4. The van der Waals surface area contributed by atoms with Gasteiger partial charge in [-0.2, -0.15) is 5.10 Å². The molecule has 3 aromatic heterocycles. The zero-order chi connectivity index (χ0) is 14.9. The van der Waals surface area contributed by atoms with E-state index in [0.29, 0.717) is 12.4 Å². The van der Waals surface area contributed by atoms with Crippen molar-refractivity contribution < 1.29 is 0 Å². The third-order valence-electron chi connectivity index (χ3n) is 3.22. The van der Waals surface area contributed by atoms with Crippen LogP contribution in [-0.4, -0.2) is 37.2 Å². The summed E-state index contributed by atoms with van der Waals surface area (Å²) in [5.41, 5.74) is 7.14. The molecular weight excluding hydrogens is 266 g/mol. The molecule has 0 spiro atoms. The van der Waals surface area contributed by atoms with Crippen molar-refractivity contribution in [1.82, 2.24) is 25.1 Å². The highest BCUT2D eigenvalue weighted by atomic mass is 15.1. The van der Waals surface area contributed by atoms with Gasteiger partial charge in [-0.25, -0.2) is 9.97 Å². The molecule has 108 valence electrons. The number of hydrogen-bond acceptors (Lipinski definition) is 6. The number of pyridine rings is 1. The molecule has 0 bridgehead atoms. The largest absolute Gasteiger partial charge is 0.363 e. The zero-order valence-electron chi connectivity index (χ0n) is 12.0. The number of anilines is 1. The van der Waals surface area contributed by atoms with Crippen LogP contribution in [0.2, 0.25) is 0 Å². The minimum atomic E-state index is -0.266. The molecule has 3 rings (SSSR count). The van der Waals surface area contributed by atoms with E-state index < -0.39 is 0 Å². The average molecular weight is 283 g/mol. The highest BCUT2D eigenvalue weighted by Crippen LogP contribution is 2.25. The van der Waals surface area contributed by atoms with Gasteiger partial charge in [0.1, 0.15) is 5.82 Å². The van der Waals surface area contributed by atoms with Gasteiger partial charge in [0.15, 0.2) is 5.82 Å². The van der Waals surface area contributed by atoms with Crippen molar-refractivity contribution in [2.45, 2.75) is 19.4 Å². The van der Waals surface area contributed by atoms with E-state index in [1.807, 2.05) is 19.9 Å². The molecule has 3 heterocycles. The maximum atomic E-state index is 5.80. The molecule has 0 aliphatic heterocycles. The van der Waals surface area contributed by atoms with Gasteiger partial charge in [-0.05, 0) is 19.9 Å². The second-order valence-electron chi connectivity index (χ2n) is 5.49. The van der Waals surface area contributed by atoms with Crippen molar-refractivity contribution in [3.63, 3.8) is 0 Å². The van der Waals surface area contributed by atoms with Gasteiger partial charge in [0.25, 0.3) is 0 Å². The maximum absolute atomic E-state index is 5.80. The molecule has 0 aromatic carbocycles. The van der Waals surface area contributed by atoms with Gasteiger partial charge in [-0.15, -0.1) is 0 Å². The number of nitrogens with two attached hydrogens (primary N) is 1. The molecular formula is C14H17N7. The van der Waals surface area contributed by atoms with Crippen molar-refractivity contribution >= 4 is 16.7 Å². The molecule has 0 saturated carbocycles. The molecule has 7 heteroatoms. The summed E-state index contributed by atoms with van der Waals surface area (Å²) >= 11 is 0. The van der Waals surface area contributed by atoms with E-state index in [4.69, 9.17) is 5.73 Å². The van der Waals surface area contributed by atoms with Crippen LogP contribution in [0.25, 0.3) is 22.3 Å². The first-order valence-electron chi connectivity index (χ1n) is 6.68. The van der Waals surface area contributed by atoms with E-state index in [1.165, 1.54) is 0 Å². The van der Waals surface area contributed by atoms with Crippen molar-refractivity contribution in [3.8, 4) is 11.4 Å². The van der Waals surface area contributed by atoms with Crippen molar-refractivity contribution in [2.75, 3.05) is 11.9 Å². The number of rotatable bonds is 4. The van der Waals surface area contributed by atoms with Crippen LogP contribution in [0.1, 0.15) is 13.8 Å². The Labute approximate surface area is 122 Å². The monoisotopic (exact) mass is 283 g/mol. The number of fused-ring (bicyclic) bond motifs is 1. The fourth-order valence-electron chi connectivity index (χ4n) is 1.95. The van der Waals surface area contributed by atoms with Gasteiger partial charge in [0.2, 0.25) is 0 Å². The molecule has 0 radical (unpaired) electrons. The van der Waals surface area contributed by atoms with Gasteiger partial charge in [-0.1, -0.05) is 0 Å². The standard InChI is InChI=1S/C14H17N7/c1-14(2,8-15)21-13-10-3-4-16-7-11(10)19-12(20-13)9-5-17-18-6-9/h3-7H,8,15H2,1-2H3,(H,17,18)(H,19,20,21). The first-order chi connectivity index (χ1) is 10.1. The lowest BCUT2D eigenvalue weighted by atomic mass is 10.1. The summed E-state index contributed by atoms with van der Waals surface area (Å²) in [5, 5.41) is 11.0. The summed E-state index contributed by atoms with van der Waals surface area (Å²) in [7, 11) is 0. The van der Waals surface area contributed by atoms with E-state index in [1.54, 1.807) is 24.8 Å². The lowest BCUT2D eigenvalue weighted by Gasteiger charge is -2.25. The fraction of sp³-hybridized carbons (Fsp3) is 0.286. The Hall–Kier alpha value is -2.54. The zero-order valence-corrected chi connectivity index (χ0v) is 12.0. The lowest BCUT2D eigenvalue weighted by molar-refractivity contribution is 0.578. The summed E-state index contributed by atoms with van der Waals surface area (Å²) in [6, 6.07) is 1.89. The number of aromatic nitrogens is 5. The van der Waals surface area contributed by atoms with Gasteiger partial charge in [-0.3, -0.25) is 10.1 Å². The molecule has 0 atom stereocenters. The third kappa shape index (κ3) is 2.68. The van der Waals surface area contributed by atoms with E-state index >= 15 is 0 Å². The normalized spacial score (nSPS) is 11.8. The van der Waals surface area contributed by atoms with Crippen LogP contribution in [0.5, 0.6) is 0 Å². The molecule has 0 aliphatic rings. The number of nitrogens with zero attached hydrogens (tertiary/aromatic N) is 4. The first-order valence-corrected chi connectivity index (χ1v) is 6.68. The van der Waals surface area contributed by atoms with Gasteiger partial charge < -0.3 is 11.1 Å². The summed E-state index contributed by atoms with van der Waals surface area (Å²) < 4.78 is 0. The quantitative estimate of drug-likeness (QED) is 0.671. The van der Waals surface area contributed by atoms with Crippen LogP contribution in [0.15, 0.2) is 30.9 Å². The van der Waals surface area contributed by atoms with Crippen LogP contribution in [0, 0.1) is 0 Å². The molecule has 0 fully saturated rings. The van der Waals surface area contributed by atoms with E-state index in [-0.39, 0.29) is 5.54 Å². The highest BCUT2D eigenvalue weighted by molar-refractivity contribution is 5.90. The average Bonchev–Trinajstić information content (AvgIpc) is 3.01. The molecule has 0 unspecified atom stereocenters. The van der Waals surface area contributed by atoms with Crippen LogP contribution < -0.4 is 11.1 Å². The maximum Gasteiger partial charge on any atom is 0.165 e. The lowest BCUT2D eigenvalue weighted by Crippen LogP contribution is -2.39. The van der Waals surface area contributed by atoms with Crippen LogP contribution in [0.4, 0.5) is 5.82 Å². The van der Waals surface area contributed by atoms with Crippen molar-refractivity contribution in [3.05, 3.63) is 30.9 Å². The smallest absolute Gasteiger partial charge is 0.165 e. The minimum Gasteiger partial charge on any atom is -0.363 e. The Morgan fingerprint density at radius 2 is 2.14 bits per heavy atom. The molecule has 7 nitrogen and oxygen atoms in total.